The first-order chi connectivity index (χ1) is 14.8. The summed E-state index contributed by atoms with van der Waals surface area (Å²) in [6.45, 7) is 3.21. The molecule has 0 aliphatic carbocycles. The highest BCUT2D eigenvalue weighted by molar-refractivity contribution is 5.84. The van der Waals surface area contributed by atoms with E-state index in [1.54, 1.807) is 0 Å². The largest absolute Gasteiger partial charge is 0.490 e. The van der Waals surface area contributed by atoms with E-state index < -0.39 is 12.1 Å². The Balaban J connectivity index is 0.000000339. The van der Waals surface area contributed by atoms with E-state index in [9.17, 15) is 13.2 Å². The first-order valence-electron chi connectivity index (χ1n) is 10.1. The molecule has 1 saturated heterocycles. The molecule has 0 unspecified atom stereocenters. The van der Waals surface area contributed by atoms with Crippen molar-refractivity contribution in [2.75, 3.05) is 18.0 Å². The number of carbonyl (C=O) groups is 1. The number of nitrogens with zero attached hydrogens (tertiary/aromatic N) is 2. The average Bonchev–Trinajstić information content (AvgIpc) is 3.13. The van der Waals surface area contributed by atoms with Crippen molar-refractivity contribution in [2.45, 2.75) is 31.6 Å². The Kier molecular flexibility index (Phi) is 7.22. The number of aryl methyl sites for hydroxylation is 1. The number of halogens is 3. The van der Waals surface area contributed by atoms with Gasteiger partial charge >= 0.3 is 12.1 Å². The van der Waals surface area contributed by atoms with Crippen molar-refractivity contribution in [1.82, 2.24) is 9.88 Å². The van der Waals surface area contributed by atoms with Crippen molar-refractivity contribution >= 4 is 22.6 Å². The summed E-state index contributed by atoms with van der Waals surface area (Å²) in [6, 6.07) is 20.5. The number of anilines is 1. The van der Waals surface area contributed by atoms with Crippen molar-refractivity contribution in [3.63, 3.8) is 0 Å². The van der Waals surface area contributed by atoms with Crippen LogP contribution in [0, 0.1) is 0 Å². The van der Waals surface area contributed by atoms with Gasteiger partial charge in [0, 0.05) is 42.4 Å². The Labute approximate surface area is 179 Å². The number of carboxylic acid groups (broad SMARTS) is 1. The molecule has 0 radical (unpaired) electrons. The topological polar surface area (TPSA) is 57.5 Å². The number of nitrogens with one attached hydrogen (secondary N) is 1. The van der Waals surface area contributed by atoms with Crippen LogP contribution in [0.2, 0.25) is 0 Å². The Hall–Kier alpha value is -3.00. The molecule has 0 spiro atoms. The molecule has 8 heteroatoms. The van der Waals surface area contributed by atoms with E-state index >= 15 is 0 Å². The molecule has 1 aliphatic rings. The van der Waals surface area contributed by atoms with Crippen LogP contribution in [-0.2, 0) is 18.4 Å². The Morgan fingerprint density at radius 2 is 1.77 bits per heavy atom. The van der Waals surface area contributed by atoms with Crippen LogP contribution in [0.15, 0.2) is 60.8 Å². The zero-order valence-corrected chi connectivity index (χ0v) is 17.3. The van der Waals surface area contributed by atoms with Crippen LogP contribution in [0.3, 0.4) is 0 Å². The van der Waals surface area contributed by atoms with Crippen LogP contribution in [0.1, 0.15) is 18.4 Å². The molecule has 0 amide bonds. The van der Waals surface area contributed by atoms with Gasteiger partial charge in [0.05, 0.1) is 0 Å². The van der Waals surface area contributed by atoms with Crippen molar-refractivity contribution in [3.05, 3.63) is 66.4 Å². The van der Waals surface area contributed by atoms with Crippen LogP contribution < -0.4 is 10.2 Å². The molecule has 2 N–H and O–H groups in total. The Morgan fingerprint density at radius 1 is 1.13 bits per heavy atom. The van der Waals surface area contributed by atoms with E-state index in [-0.39, 0.29) is 0 Å². The molecule has 4 rings (SSSR count). The van der Waals surface area contributed by atoms with Gasteiger partial charge in [0.15, 0.2) is 0 Å². The number of aromatic nitrogens is 1. The lowest BCUT2D eigenvalue weighted by Crippen LogP contribution is -2.43. The second-order valence-electron chi connectivity index (χ2n) is 7.57. The van der Waals surface area contributed by atoms with Crippen LogP contribution in [-0.4, -0.2) is 41.0 Å². The average molecular weight is 433 g/mol. The van der Waals surface area contributed by atoms with Crippen molar-refractivity contribution in [2.24, 2.45) is 7.05 Å². The first kappa shape index (κ1) is 22.7. The second-order valence-corrected chi connectivity index (χ2v) is 7.57. The summed E-state index contributed by atoms with van der Waals surface area (Å²) in [7, 11) is 2.11. The molecule has 5 nitrogen and oxygen atoms in total. The molecule has 0 bridgehead atoms. The maximum atomic E-state index is 10.6. The monoisotopic (exact) mass is 433 g/mol. The van der Waals surface area contributed by atoms with Gasteiger partial charge in [0.1, 0.15) is 0 Å². The van der Waals surface area contributed by atoms with Gasteiger partial charge in [-0.3, -0.25) is 0 Å². The number of aliphatic carboxylic acids is 1. The number of fused-ring (bicyclic) bond motifs is 1. The number of hydrogen-bond acceptors (Lipinski definition) is 3. The fourth-order valence-corrected chi connectivity index (χ4v) is 3.78. The molecule has 3 aromatic rings. The third-order valence-corrected chi connectivity index (χ3v) is 5.39. The van der Waals surface area contributed by atoms with Crippen LogP contribution in [0.25, 0.3) is 10.9 Å². The number of benzene rings is 2. The summed E-state index contributed by atoms with van der Waals surface area (Å²) in [5, 5.41) is 11.9. The van der Waals surface area contributed by atoms with Gasteiger partial charge in [-0.25, -0.2) is 4.79 Å². The molecule has 166 valence electrons. The molecular formula is C23H26F3N3O2. The molecule has 1 aliphatic heterocycles. The van der Waals surface area contributed by atoms with Crippen molar-refractivity contribution in [3.8, 4) is 0 Å². The van der Waals surface area contributed by atoms with Gasteiger partial charge in [0.2, 0.25) is 0 Å². The first-order valence-corrected chi connectivity index (χ1v) is 10.1. The molecule has 0 atom stereocenters. The van der Waals surface area contributed by atoms with E-state index in [0.29, 0.717) is 6.04 Å². The Bertz CT molecular complexity index is 996. The lowest BCUT2D eigenvalue weighted by Gasteiger charge is -2.36. The number of carboxylic acids is 1. The minimum absolute atomic E-state index is 0.604. The van der Waals surface area contributed by atoms with E-state index in [1.165, 1.54) is 35.0 Å². The standard InChI is InChI=1S/C21H25N3.C2HF3O2/c1-23-14-11-18-15-20(7-8-21(18)23)24(19-9-12-22-13-10-19)16-17-5-3-2-4-6-17;3-2(4,5)1(6)7/h2-8,11,14-15,19,22H,9-10,12-13,16H2,1H3;(H,6,7). The second kappa shape index (κ2) is 9.87. The number of hydrogen-bond donors (Lipinski definition) is 2. The smallest absolute Gasteiger partial charge is 0.475 e. The highest BCUT2D eigenvalue weighted by Gasteiger charge is 2.38. The zero-order chi connectivity index (χ0) is 22.4. The van der Waals surface area contributed by atoms with Gasteiger partial charge in [-0.1, -0.05) is 30.3 Å². The third kappa shape index (κ3) is 6.01. The number of piperidine rings is 1. The minimum atomic E-state index is -5.08. The lowest BCUT2D eigenvalue weighted by molar-refractivity contribution is -0.192. The van der Waals surface area contributed by atoms with E-state index in [1.807, 2.05) is 0 Å². The minimum Gasteiger partial charge on any atom is -0.475 e. The zero-order valence-electron chi connectivity index (χ0n) is 17.3. The predicted molar refractivity (Wildman–Crippen MR) is 115 cm³/mol. The molecular weight excluding hydrogens is 407 g/mol. The van der Waals surface area contributed by atoms with Gasteiger partial charge in [-0.15, -0.1) is 0 Å². The normalized spacial score (nSPS) is 14.7. The van der Waals surface area contributed by atoms with E-state index in [4.69, 9.17) is 9.90 Å². The molecule has 1 aromatic heterocycles. The van der Waals surface area contributed by atoms with Gasteiger partial charge < -0.3 is 19.9 Å². The molecule has 2 aromatic carbocycles. The third-order valence-electron chi connectivity index (χ3n) is 5.39. The number of rotatable bonds is 4. The Morgan fingerprint density at radius 3 is 2.39 bits per heavy atom. The summed E-state index contributed by atoms with van der Waals surface area (Å²) in [5.74, 6) is -2.76. The highest BCUT2D eigenvalue weighted by atomic mass is 19.4. The van der Waals surface area contributed by atoms with Crippen LogP contribution >= 0.6 is 0 Å². The van der Waals surface area contributed by atoms with E-state index in [0.717, 1.165) is 19.6 Å². The molecule has 2 heterocycles. The highest BCUT2D eigenvalue weighted by Crippen LogP contribution is 2.28. The van der Waals surface area contributed by atoms with Crippen molar-refractivity contribution < 1.29 is 23.1 Å². The molecule has 1 fully saturated rings. The van der Waals surface area contributed by atoms with Crippen LogP contribution in [0.4, 0.5) is 18.9 Å². The maximum absolute atomic E-state index is 10.6. The summed E-state index contributed by atoms with van der Waals surface area (Å²) in [5.41, 5.74) is 4.01. The fourth-order valence-electron chi connectivity index (χ4n) is 3.78. The predicted octanol–water partition coefficient (Wildman–Crippen LogP) is 4.57. The summed E-state index contributed by atoms with van der Waals surface area (Å²) in [4.78, 5) is 11.5. The van der Waals surface area contributed by atoms with Gasteiger partial charge in [-0.05, 0) is 55.8 Å². The van der Waals surface area contributed by atoms with E-state index in [2.05, 4.69) is 82.6 Å². The van der Waals surface area contributed by atoms with Gasteiger partial charge in [-0.2, -0.15) is 13.2 Å². The van der Waals surface area contributed by atoms with Crippen LogP contribution in [0.5, 0.6) is 0 Å². The summed E-state index contributed by atoms with van der Waals surface area (Å²) < 4.78 is 33.9. The quantitative estimate of drug-likeness (QED) is 0.633. The van der Waals surface area contributed by atoms with Crippen molar-refractivity contribution in [1.29, 1.82) is 0 Å². The maximum Gasteiger partial charge on any atom is 0.490 e. The summed E-state index contributed by atoms with van der Waals surface area (Å²) >= 11 is 0. The summed E-state index contributed by atoms with van der Waals surface area (Å²) in [6.07, 6.45) is -0.528. The number of alkyl halides is 3. The van der Waals surface area contributed by atoms with Gasteiger partial charge in [0.25, 0.3) is 0 Å². The SMILES string of the molecule is Cn1ccc2cc(N(Cc3ccccc3)C3CCNCC3)ccc21.O=C(O)C(F)(F)F. The molecule has 0 saturated carbocycles. The fraction of sp³-hybridized carbons (Fsp3) is 0.348. The molecule has 31 heavy (non-hydrogen) atoms. The lowest BCUT2D eigenvalue weighted by atomic mass is 10.0.